The van der Waals surface area contributed by atoms with E-state index in [1.165, 1.54) is 11.3 Å². The Morgan fingerprint density at radius 1 is 1.08 bits per heavy atom. The van der Waals surface area contributed by atoms with Gasteiger partial charge in [-0.25, -0.2) is 0 Å². The van der Waals surface area contributed by atoms with Crippen LogP contribution in [0.1, 0.15) is 32.5 Å². The summed E-state index contributed by atoms with van der Waals surface area (Å²) >= 11 is 7.34. The number of aliphatic hydroxyl groups excluding tert-OH is 1. The fourth-order valence-corrected chi connectivity index (χ4v) is 5.36. The molecule has 5 rings (SSSR count). The number of halogens is 1. The Morgan fingerprint density at radius 2 is 1.84 bits per heavy atom. The summed E-state index contributed by atoms with van der Waals surface area (Å²) in [6, 6.07) is 22.8. The van der Waals surface area contributed by atoms with Crippen LogP contribution >= 0.6 is 22.9 Å². The van der Waals surface area contributed by atoms with Gasteiger partial charge < -0.3 is 19.7 Å². The van der Waals surface area contributed by atoms with Crippen molar-refractivity contribution in [2.45, 2.75) is 19.3 Å². The number of nitrogens with one attached hydrogen (secondary N) is 1. The van der Waals surface area contributed by atoms with E-state index >= 15 is 0 Å². The SMILES string of the molecule is Cn1cc(C(=O)NCc2ccc(Cl)cc2)c(=O)c2cc(COCC(O)c3ccc4ccccc4c3)sc21. The van der Waals surface area contributed by atoms with Crippen molar-refractivity contribution in [2.24, 2.45) is 7.05 Å². The van der Waals surface area contributed by atoms with E-state index in [4.69, 9.17) is 16.3 Å². The zero-order valence-corrected chi connectivity index (χ0v) is 21.7. The fraction of sp³-hybridized carbons (Fsp3) is 0.172. The highest BCUT2D eigenvalue weighted by molar-refractivity contribution is 7.18. The summed E-state index contributed by atoms with van der Waals surface area (Å²) in [7, 11) is 1.81. The fourth-order valence-electron chi connectivity index (χ4n) is 4.21. The van der Waals surface area contributed by atoms with E-state index in [0.29, 0.717) is 17.0 Å². The summed E-state index contributed by atoms with van der Waals surface area (Å²) in [5, 5.41) is 16.7. The van der Waals surface area contributed by atoms with E-state index in [2.05, 4.69) is 5.32 Å². The summed E-state index contributed by atoms with van der Waals surface area (Å²) in [6.07, 6.45) is 0.799. The van der Waals surface area contributed by atoms with Crippen molar-refractivity contribution >= 4 is 49.8 Å². The Balaban J connectivity index is 1.25. The van der Waals surface area contributed by atoms with Crippen LogP contribution in [-0.4, -0.2) is 22.2 Å². The molecule has 0 fully saturated rings. The summed E-state index contributed by atoms with van der Waals surface area (Å²) in [6.45, 7) is 0.669. The van der Waals surface area contributed by atoms with Gasteiger partial charge in [0.25, 0.3) is 5.91 Å². The van der Waals surface area contributed by atoms with Gasteiger partial charge in [-0.05, 0) is 46.2 Å². The molecular weight excluding hydrogens is 508 g/mol. The van der Waals surface area contributed by atoms with Crippen molar-refractivity contribution in [1.82, 2.24) is 9.88 Å². The molecule has 0 aliphatic rings. The van der Waals surface area contributed by atoms with Crippen molar-refractivity contribution in [3.63, 3.8) is 0 Å². The van der Waals surface area contributed by atoms with Crippen LogP contribution in [0.25, 0.3) is 21.0 Å². The monoisotopic (exact) mass is 532 g/mol. The molecule has 2 heterocycles. The molecule has 188 valence electrons. The minimum atomic E-state index is -0.763. The van der Waals surface area contributed by atoms with Crippen LogP contribution in [0.2, 0.25) is 5.02 Å². The molecule has 1 atom stereocenters. The number of ether oxygens (including phenoxy) is 1. The van der Waals surface area contributed by atoms with Gasteiger partial charge in [-0.2, -0.15) is 0 Å². The number of carbonyl (C=O) groups is 1. The average Bonchev–Trinajstić information content (AvgIpc) is 3.35. The van der Waals surface area contributed by atoms with Crippen molar-refractivity contribution < 1.29 is 14.6 Å². The van der Waals surface area contributed by atoms with Crippen molar-refractivity contribution in [3.8, 4) is 0 Å². The summed E-state index contributed by atoms with van der Waals surface area (Å²) < 4.78 is 7.58. The lowest BCUT2D eigenvalue weighted by Gasteiger charge is -2.12. The predicted octanol–water partition coefficient (Wildman–Crippen LogP) is 5.59. The zero-order valence-electron chi connectivity index (χ0n) is 20.1. The maximum atomic E-state index is 13.1. The highest BCUT2D eigenvalue weighted by Gasteiger charge is 2.17. The summed E-state index contributed by atoms with van der Waals surface area (Å²) in [4.78, 5) is 27.5. The van der Waals surface area contributed by atoms with Crippen LogP contribution in [0.15, 0.2) is 83.8 Å². The van der Waals surface area contributed by atoms with E-state index in [1.807, 2.05) is 61.6 Å². The number of pyridine rings is 1. The Morgan fingerprint density at radius 3 is 2.62 bits per heavy atom. The van der Waals surface area contributed by atoms with Gasteiger partial charge >= 0.3 is 0 Å². The normalized spacial score (nSPS) is 12.2. The number of hydrogen-bond acceptors (Lipinski definition) is 5. The van der Waals surface area contributed by atoms with Crippen LogP contribution in [0.3, 0.4) is 0 Å². The highest BCUT2D eigenvalue weighted by Crippen LogP contribution is 2.25. The van der Waals surface area contributed by atoms with E-state index in [0.717, 1.165) is 31.6 Å². The lowest BCUT2D eigenvalue weighted by atomic mass is 10.0. The number of benzene rings is 3. The number of thiophene rings is 1. The van der Waals surface area contributed by atoms with Crippen molar-refractivity contribution in [3.05, 3.63) is 116 Å². The molecule has 1 amide bonds. The quantitative estimate of drug-likeness (QED) is 0.273. The van der Waals surface area contributed by atoms with Gasteiger partial charge in [0, 0.05) is 29.7 Å². The van der Waals surface area contributed by atoms with E-state index in [1.54, 1.807) is 29.0 Å². The maximum Gasteiger partial charge on any atom is 0.257 e. The van der Waals surface area contributed by atoms with Crippen LogP contribution in [0, 0.1) is 0 Å². The molecule has 0 aliphatic carbocycles. The number of aryl methyl sites for hydroxylation is 1. The third-order valence-corrected chi connectivity index (χ3v) is 7.64. The van der Waals surface area contributed by atoms with Crippen LogP contribution < -0.4 is 10.7 Å². The largest absolute Gasteiger partial charge is 0.386 e. The average molecular weight is 533 g/mol. The van der Waals surface area contributed by atoms with Crippen LogP contribution in [-0.2, 0) is 24.9 Å². The molecule has 37 heavy (non-hydrogen) atoms. The van der Waals surface area contributed by atoms with E-state index in [-0.39, 0.29) is 24.2 Å². The Labute approximate surface area is 222 Å². The molecule has 5 aromatic rings. The first kappa shape index (κ1) is 25.2. The van der Waals surface area contributed by atoms with Crippen LogP contribution in [0.4, 0.5) is 0 Å². The molecule has 1 unspecified atom stereocenters. The minimum Gasteiger partial charge on any atom is -0.386 e. The number of carbonyl (C=O) groups excluding carboxylic acids is 1. The number of nitrogens with zero attached hydrogens (tertiary/aromatic N) is 1. The summed E-state index contributed by atoms with van der Waals surface area (Å²) in [5.74, 6) is -0.431. The standard InChI is InChI=1S/C29H25ClN2O4S/c1-32-15-25(28(35)31-14-18-6-10-22(30)11-7-18)27(34)24-13-23(37-29(24)32)16-36-17-26(33)21-9-8-19-4-2-3-5-20(19)12-21/h2-13,15,26,33H,14,16-17H2,1H3,(H,31,35). The lowest BCUT2D eigenvalue weighted by Crippen LogP contribution is -2.29. The first-order valence-corrected chi connectivity index (χ1v) is 13.0. The Bertz CT molecular complexity index is 1640. The number of rotatable bonds is 8. The van der Waals surface area contributed by atoms with Gasteiger partial charge in [0.05, 0.1) is 18.6 Å². The Kier molecular flexibility index (Phi) is 7.39. The zero-order chi connectivity index (χ0) is 25.9. The van der Waals surface area contributed by atoms with E-state index in [9.17, 15) is 14.7 Å². The van der Waals surface area contributed by atoms with Crippen LogP contribution in [0.5, 0.6) is 0 Å². The van der Waals surface area contributed by atoms with Gasteiger partial charge in [-0.1, -0.05) is 60.1 Å². The number of fused-ring (bicyclic) bond motifs is 2. The Hall–Kier alpha value is -3.49. The van der Waals surface area contributed by atoms with Gasteiger partial charge in [-0.3, -0.25) is 9.59 Å². The van der Waals surface area contributed by atoms with Gasteiger partial charge in [0.1, 0.15) is 16.5 Å². The minimum absolute atomic E-state index is 0.0842. The molecule has 8 heteroatoms. The second kappa shape index (κ2) is 10.9. The molecule has 0 saturated carbocycles. The van der Waals surface area contributed by atoms with Gasteiger partial charge in [0.15, 0.2) is 0 Å². The molecular formula is C29H25ClN2O4S. The van der Waals surface area contributed by atoms with Gasteiger partial charge in [-0.15, -0.1) is 11.3 Å². The molecule has 6 nitrogen and oxygen atoms in total. The first-order chi connectivity index (χ1) is 17.9. The molecule has 0 radical (unpaired) electrons. The van der Waals surface area contributed by atoms with Crippen molar-refractivity contribution in [1.29, 1.82) is 0 Å². The number of aromatic nitrogens is 1. The summed E-state index contributed by atoms with van der Waals surface area (Å²) in [5.41, 5.74) is 1.44. The van der Waals surface area contributed by atoms with Gasteiger partial charge in [0.2, 0.25) is 5.43 Å². The second-order valence-corrected chi connectivity index (χ2v) is 10.4. The molecule has 0 aliphatic heterocycles. The molecule has 0 bridgehead atoms. The number of aliphatic hydroxyl groups is 1. The third-order valence-electron chi connectivity index (χ3n) is 6.19. The maximum absolute atomic E-state index is 13.1. The third kappa shape index (κ3) is 5.60. The lowest BCUT2D eigenvalue weighted by molar-refractivity contribution is 0.0288. The number of hydrogen-bond donors (Lipinski definition) is 2. The smallest absolute Gasteiger partial charge is 0.257 e. The highest BCUT2D eigenvalue weighted by atomic mass is 35.5. The van der Waals surface area contributed by atoms with Crippen molar-refractivity contribution in [2.75, 3.05) is 6.61 Å². The van der Waals surface area contributed by atoms with E-state index < -0.39 is 12.0 Å². The molecule has 2 N–H and O–H groups in total. The first-order valence-electron chi connectivity index (χ1n) is 11.8. The predicted molar refractivity (Wildman–Crippen MR) is 148 cm³/mol. The second-order valence-electron chi connectivity index (χ2n) is 8.86. The molecule has 3 aromatic carbocycles. The molecule has 0 spiro atoms. The number of amides is 1. The molecule has 2 aromatic heterocycles. The topological polar surface area (TPSA) is 80.6 Å². The molecule has 0 saturated heterocycles.